The van der Waals surface area contributed by atoms with Crippen LogP contribution in [0.5, 0.6) is 0 Å². The van der Waals surface area contributed by atoms with Crippen molar-refractivity contribution in [2.24, 2.45) is 0 Å². The van der Waals surface area contributed by atoms with Gasteiger partial charge in [-0.1, -0.05) is 58.0 Å². The van der Waals surface area contributed by atoms with E-state index in [2.05, 4.69) is 4.43 Å². The van der Waals surface area contributed by atoms with Gasteiger partial charge in [-0.25, -0.2) is 0 Å². The molecule has 0 saturated carbocycles. The summed E-state index contributed by atoms with van der Waals surface area (Å²) in [5.41, 5.74) is 0. The van der Waals surface area contributed by atoms with Crippen LogP contribution in [0.3, 0.4) is 0 Å². The molecule has 7 heteroatoms. The van der Waals surface area contributed by atoms with Gasteiger partial charge in [0.05, 0.1) is 15.1 Å². The number of epoxide rings is 1. The Morgan fingerprint density at radius 2 is 1.71 bits per heavy atom. The van der Waals surface area contributed by atoms with E-state index in [0.717, 1.165) is 26.1 Å². The number of hydrogen-bond donors (Lipinski definition) is 0. The molecule has 0 radical (unpaired) electrons. The quantitative estimate of drug-likeness (QED) is 0.286. The average Bonchev–Trinajstić information content (AvgIpc) is 2.70. The van der Waals surface area contributed by atoms with Crippen molar-refractivity contribution in [1.29, 1.82) is 0 Å². The topological polar surface area (TPSA) is 12.5 Å². The van der Waals surface area contributed by atoms with E-state index in [9.17, 15) is 0 Å². The second-order valence-corrected chi connectivity index (χ2v) is 4.72. The summed E-state index contributed by atoms with van der Waals surface area (Å²) in [6.07, 6.45) is 1.43. The first-order valence-corrected chi connectivity index (χ1v) is 11.0. The van der Waals surface area contributed by atoms with Gasteiger partial charge in [-0.15, -0.1) is 0 Å². The van der Waals surface area contributed by atoms with Gasteiger partial charge in [0.25, 0.3) is 0 Å². The maximum absolute atomic E-state index is 5.87. The molecular weight excluding hydrogens is 478 g/mol. The molecule has 14 heavy (non-hydrogen) atoms. The fourth-order valence-electron chi connectivity index (χ4n) is 0.968. The van der Waals surface area contributed by atoms with Gasteiger partial charge in [0, 0.05) is 0 Å². The number of fused-ring (bicyclic) bond motifs is 1. The predicted octanol–water partition coefficient (Wildman–Crippen LogP) is 4.29. The molecule has 1 saturated heterocycles. The predicted molar refractivity (Wildman–Crippen MR) is 56.8 cm³/mol. The first-order chi connectivity index (χ1) is 6.41. The van der Waals surface area contributed by atoms with Gasteiger partial charge in [-0.2, -0.15) is 0 Å². The van der Waals surface area contributed by atoms with Crippen molar-refractivity contribution in [2.45, 2.75) is 14.6 Å². The second-order valence-electron chi connectivity index (χ2n) is 2.46. The number of hydrogen-bond acceptors (Lipinski definition) is 1. The third-order valence-electron chi connectivity index (χ3n) is 1.68. The molecule has 0 aromatic carbocycles. The van der Waals surface area contributed by atoms with Gasteiger partial charge in [-0.05, 0) is 6.08 Å². The Morgan fingerprint density at radius 3 is 2.21 bits per heavy atom. The molecule has 0 aromatic heterocycles. The fraction of sp³-hybridized carbons (Fsp3) is 0.429. The first-order valence-electron chi connectivity index (χ1n) is 3.64. The normalized spacial score (nSPS) is 39.6. The standard InChI is InChI=1S/C6HCl5O.CH3.Hg/c7-2-1-5(10)6(11,12-5)4(9)3(2)8;;/h1H;1H3;. The number of alkyl halides is 2. The number of ether oxygens (including phenoxy) is 1. The summed E-state index contributed by atoms with van der Waals surface area (Å²) in [6.45, 7) is 0. The molecule has 0 amide bonds. The molecule has 1 aliphatic carbocycles. The van der Waals surface area contributed by atoms with Crippen LogP contribution < -0.4 is 0 Å². The Morgan fingerprint density at radius 1 is 1.21 bits per heavy atom. The van der Waals surface area contributed by atoms with Crippen molar-refractivity contribution in [3.63, 3.8) is 0 Å². The zero-order valence-corrected chi connectivity index (χ0v) is 16.4. The van der Waals surface area contributed by atoms with Gasteiger partial charge in [0.15, 0.2) is 0 Å². The summed E-state index contributed by atoms with van der Waals surface area (Å²) < 4.78 is 7.20. The molecule has 0 aromatic rings. The maximum atomic E-state index is 5.87. The van der Waals surface area contributed by atoms with Crippen LogP contribution in [0.1, 0.15) is 0 Å². The molecule has 0 N–H and O–H groups in total. The second kappa shape index (κ2) is 4.60. The molecule has 1 aliphatic heterocycles. The van der Waals surface area contributed by atoms with E-state index >= 15 is 0 Å². The average molecular weight is 482 g/mol. The summed E-state index contributed by atoms with van der Waals surface area (Å²) in [7, 11) is 0. The van der Waals surface area contributed by atoms with Gasteiger partial charge in [0.2, 0.25) is 10.1 Å². The Hall–Kier alpha value is 1.83. The van der Waals surface area contributed by atoms with Crippen molar-refractivity contribution >= 4 is 58.0 Å². The molecule has 75 valence electrons. The zero-order valence-electron chi connectivity index (χ0n) is 7.08. The summed E-state index contributed by atoms with van der Waals surface area (Å²) in [4.78, 5) is 0. The molecule has 2 atom stereocenters. The van der Waals surface area contributed by atoms with Crippen LogP contribution in [-0.2, 0) is 30.9 Å². The van der Waals surface area contributed by atoms with Crippen molar-refractivity contribution in [1.82, 2.24) is 0 Å². The number of halogens is 5. The van der Waals surface area contributed by atoms with E-state index in [4.69, 9.17) is 62.7 Å². The Bertz CT molecular complexity index is 328. The van der Waals surface area contributed by atoms with Crippen LogP contribution in [-0.4, -0.2) is 10.1 Å². The van der Waals surface area contributed by atoms with E-state index in [1.807, 2.05) is 0 Å². The molecule has 1 heterocycles. The van der Waals surface area contributed by atoms with Crippen molar-refractivity contribution in [2.75, 3.05) is 0 Å². The summed E-state index contributed by atoms with van der Waals surface area (Å²) >= 11 is 29.9. The summed E-state index contributed by atoms with van der Waals surface area (Å²) in [5.74, 6) is 0. The summed E-state index contributed by atoms with van der Waals surface area (Å²) in [6, 6.07) is 0. The van der Waals surface area contributed by atoms with Gasteiger partial charge >= 0.3 is 30.6 Å². The summed E-state index contributed by atoms with van der Waals surface area (Å²) in [5, 5.41) is -1.77. The van der Waals surface area contributed by atoms with E-state index in [0.29, 0.717) is 0 Å². The third kappa shape index (κ3) is 1.99. The van der Waals surface area contributed by atoms with Gasteiger partial charge in [0.1, 0.15) is 0 Å². The van der Waals surface area contributed by atoms with Crippen LogP contribution >= 0.6 is 58.0 Å². The minimum atomic E-state index is -1.22. The Kier molecular flexibility index (Phi) is 4.56. The van der Waals surface area contributed by atoms with Gasteiger partial charge < -0.3 is 4.74 Å². The monoisotopic (exact) mass is 481 g/mol. The zero-order chi connectivity index (χ0) is 11.1. The Labute approximate surface area is 123 Å². The molecule has 2 rings (SSSR count). The van der Waals surface area contributed by atoms with E-state index in [1.165, 1.54) is 6.08 Å². The first kappa shape index (κ1) is 13.9. The van der Waals surface area contributed by atoms with E-state index in [1.54, 1.807) is 0 Å². The number of allylic oxidation sites excluding steroid dienone is 2. The van der Waals surface area contributed by atoms with Crippen molar-refractivity contribution < 1.29 is 30.9 Å². The minimum absolute atomic E-state index is 0.133. The van der Waals surface area contributed by atoms with Crippen LogP contribution in [0, 0.1) is 0 Å². The molecule has 1 nitrogen and oxygen atoms in total. The number of rotatable bonds is 0. The van der Waals surface area contributed by atoms with Crippen molar-refractivity contribution in [3.05, 3.63) is 21.2 Å². The van der Waals surface area contributed by atoms with Crippen LogP contribution in [0.2, 0.25) is 4.43 Å². The van der Waals surface area contributed by atoms with Crippen LogP contribution in [0.25, 0.3) is 0 Å². The Balaban J connectivity index is 0.000000461. The molecule has 2 aliphatic rings. The fourth-order valence-corrected chi connectivity index (χ4v) is 2.52. The molecule has 0 bridgehead atoms. The molecular formula is C7H4Cl5HgO. The van der Waals surface area contributed by atoms with Crippen molar-refractivity contribution in [3.8, 4) is 0 Å². The van der Waals surface area contributed by atoms with Gasteiger partial charge in [-0.3, -0.25) is 0 Å². The van der Waals surface area contributed by atoms with E-state index < -0.39 is 10.1 Å². The van der Waals surface area contributed by atoms with Crippen LogP contribution in [0.15, 0.2) is 21.2 Å². The molecule has 0 spiro atoms. The third-order valence-corrected chi connectivity index (χ3v) is 4.22. The van der Waals surface area contributed by atoms with Crippen LogP contribution in [0.4, 0.5) is 0 Å². The van der Waals surface area contributed by atoms with E-state index in [-0.39, 0.29) is 15.1 Å². The SMILES string of the molecule is ClC1=CC2(Cl)OC2(Cl)C(Cl)=C1Cl.[CH3][Hg]. The molecule has 2 unspecified atom stereocenters. The molecule has 1 fully saturated rings.